The van der Waals surface area contributed by atoms with Crippen molar-refractivity contribution in [2.24, 2.45) is 0 Å². The first-order valence-electron chi connectivity index (χ1n) is 6.39. The van der Waals surface area contributed by atoms with Crippen molar-refractivity contribution < 1.29 is 23.1 Å². The van der Waals surface area contributed by atoms with Crippen LogP contribution in [0.25, 0.3) is 5.69 Å². The van der Waals surface area contributed by atoms with Crippen LogP contribution in [0, 0.1) is 5.82 Å². The van der Waals surface area contributed by atoms with E-state index in [0.717, 1.165) is 16.9 Å². The summed E-state index contributed by atoms with van der Waals surface area (Å²) in [7, 11) is 0. The lowest BCUT2D eigenvalue weighted by molar-refractivity contribution is -0.134. The summed E-state index contributed by atoms with van der Waals surface area (Å²) in [6, 6.07) is 4.15. The molecule has 0 atom stereocenters. The van der Waals surface area contributed by atoms with Crippen LogP contribution in [0.2, 0.25) is 0 Å². The lowest BCUT2D eigenvalue weighted by Crippen LogP contribution is -2.55. The zero-order valence-corrected chi connectivity index (χ0v) is 11.2. The molecular formula is C13H11F3N4O2. The summed E-state index contributed by atoms with van der Waals surface area (Å²) in [5, 5.41) is 15.8. The summed E-state index contributed by atoms with van der Waals surface area (Å²) in [5.74, 6) is -4.49. The fourth-order valence-corrected chi connectivity index (χ4v) is 2.26. The maximum Gasteiger partial charge on any atom is 0.358 e. The smallest absolute Gasteiger partial charge is 0.358 e. The molecule has 6 nitrogen and oxygen atoms in total. The number of nitrogens with zero attached hydrogens (tertiary/aromatic N) is 4. The van der Waals surface area contributed by atoms with Crippen LogP contribution in [0.1, 0.15) is 16.1 Å². The van der Waals surface area contributed by atoms with Gasteiger partial charge in [0.05, 0.1) is 25.0 Å². The number of carboxylic acids is 1. The third kappa shape index (κ3) is 2.80. The first-order valence-corrected chi connectivity index (χ1v) is 6.39. The zero-order chi connectivity index (χ0) is 15.9. The molecule has 0 radical (unpaired) electrons. The predicted octanol–water partition coefficient (Wildman–Crippen LogP) is 1.56. The predicted molar refractivity (Wildman–Crippen MR) is 68.5 cm³/mol. The van der Waals surface area contributed by atoms with Gasteiger partial charge in [-0.25, -0.2) is 22.6 Å². The van der Waals surface area contributed by atoms with Gasteiger partial charge in [0, 0.05) is 12.1 Å². The average Bonchev–Trinajstić information content (AvgIpc) is 2.88. The molecule has 0 saturated carbocycles. The van der Waals surface area contributed by atoms with E-state index in [-0.39, 0.29) is 30.9 Å². The highest BCUT2D eigenvalue weighted by Gasteiger charge is 2.43. The van der Waals surface area contributed by atoms with Gasteiger partial charge in [-0.1, -0.05) is 11.3 Å². The Kier molecular flexibility index (Phi) is 3.36. The number of carboxylic acid groups (broad SMARTS) is 1. The Morgan fingerprint density at radius 3 is 2.64 bits per heavy atom. The summed E-state index contributed by atoms with van der Waals surface area (Å²) < 4.78 is 40.6. The van der Waals surface area contributed by atoms with E-state index in [1.165, 1.54) is 17.0 Å². The summed E-state index contributed by atoms with van der Waals surface area (Å²) in [6.07, 6.45) is 1.16. The number of likely N-dealkylation sites (tertiary alicyclic amines) is 1. The minimum Gasteiger partial charge on any atom is -0.476 e. The van der Waals surface area contributed by atoms with Gasteiger partial charge in [0.2, 0.25) is 0 Å². The Morgan fingerprint density at radius 2 is 2.09 bits per heavy atom. The highest BCUT2D eigenvalue weighted by atomic mass is 19.3. The molecule has 0 bridgehead atoms. The highest BCUT2D eigenvalue weighted by Crippen LogP contribution is 2.28. The van der Waals surface area contributed by atoms with E-state index in [4.69, 9.17) is 5.11 Å². The van der Waals surface area contributed by atoms with Crippen LogP contribution in [0.5, 0.6) is 0 Å². The van der Waals surface area contributed by atoms with E-state index >= 15 is 0 Å². The monoisotopic (exact) mass is 312 g/mol. The van der Waals surface area contributed by atoms with E-state index in [2.05, 4.69) is 10.3 Å². The summed E-state index contributed by atoms with van der Waals surface area (Å²) in [4.78, 5) is 12.2. The fraction of sp³-hybridized carbons (Fsp3) is 0.308. The molecule has 116 valence electrons. The number of aromatic carboxylic acids is 1. The maximum atomic E-state index is 14.0. The Hall–Kier alpha value is -2.42. The average molecular weight is 312 g/mol. The number of hydrogen-bond donors (Lipinski definition) is 1. The molecular weight excluding hydrogens is 301 g/mol. The first-order chi connectivity index (χ1) is 10.3. The van der Waals surface area contributed by atoms with Crippen molar-refractivity contribution in [2.75, 3.05) is 13.1 Å². The molecule has 1 aliphatic heterocycles. The van der Waals surface area contributed by atoms with Crippen molar-refractivity contribution in [3.63, 3.8) is 0 Å². The number of benzene rings is 1. The van der Waals surface area contributed by atoms with Gasteiger partial charge in [-0.15, -0.1) is 5.10 Å². The van der Waals surface area contributed by atoms with Crippen LogP contribution in [0.4, 0.5) is 13.2 Å². The third-order valence-electron chi connectivity index (χ3n) is 3.32. The largest absolute Gasteiger partial charge is 0.476 e. The van der Waals surface area contributed by atoms with Crippen LogP contribution in [-0.2, 0) is 6.54 Å². The van der Waals surface area contributed by atoms with Crippen molar-refractivity contribution in [3.8, 4) is 5.69 Å². The van der Waals surface area contributed by atoms with Crippen LogP contribution >= 0.6 is 0 Å². The molecule has 1 aliphatic rings. The number of carbonyl (C=O) groups is 1. The molecule has 0 unspecified atom stereocenters. The standard InChI is InChI=1S/C13H11F3N4O2/c14-10-3-9(20-5-11(12(21)22)17-18-20)2-1-8(10)4-19-6-13(15,16)7-19/h1-3,5H,4,6-7H2,(H,21,22). The molecule has 2 heterocycles. The second kappa shape index (κ2) is 5.09. The number of aromatic nitrogens is 3. The van der Waals surface area contributed by atoms with Gasteiger partial charge in [-0.3, -0.25) is 4.90 Å². The molecule has 1 fully saturated rings. The Bertz CT molecular complexity index is 724. The van der Waals surface area contributed by atoms with E-state index in [1.54, 1.807) is 0 Å². The normalized spacial score (nSPS) is 17.2. The van der Waals surface area contributed by atoms with Gasteiger partial charge < -0.3 is 5.11 Å². The van der Waals surface area contributed by atoms with Crippen LogP contribution in [-0.4, -0.2) is 50.0 Å². The summed E-state index contributed by atoms with van der Waals surface area (Å²) in [6.45, 7) is -0.655. The quantitative estimate of drug-likeness (QED) is 0.927. The molecule has 9 heteroatoms. The molecule has 1 aromatic heterocycles. The van der Waals surface area contributed by atoms with Crippen LogP contribution < -0.4 is 0 Å². The second-order valence-electron chi connectivity index (χ2n) is 5.13. The molecule has 1 saturated heterocycles. The highest BCUT2D eigenvalue weighted by molar-refractivity contribution is 5.84. The Balaban J connectivity index is 1.75. The van der Waals surface area contributed by atoms with Crippen molar-refractivity contribution >= 4 is 5.97 Å². The second-order valence-corrected chi connectivity index (χ2v) is 5.13. The van der Waals surface area contributed by atoms with Crippen molar-refractivity contribution in [3.05, 3.63) is 41.5 Å². The number of rotatable bonds is 4. The summed E-state index contributed by atoms with van der Waals surface area (Å²) in [5.41, 5.74) is 0.334. The van der Waals surface area contributed by atoms with Gasteiger partial charge >= 0.3 is 5.97 Å². The minimum absolute atomic E-state index is 0.0967. The molecule has 3 rings (SSSR count). The minimum atomic E-state index is -2.69. The Labute approximate surface area is 122 Å². The van der Waals surface area contributed by atoms with Crippen LogP contribution in [0.3, 0.4) is 0 Å². The van der Waals surface area contributed by atoms with Crippen molar-refractivity contribution in [2.45, 2.75) is 12.5 Å². The molecule has 1 aromatic carbocycles. The zero-order valence-electron chi connectivity index (χ0n) is 11.2. The third-order valence-corrected chi connectivity index (χ3v) is 3.32. The lowest BCUT2D eigenvalue weighted by Gasteiger charge is -2.38. The SMILES string of the molecule is O=C(O)c1cn(-c2ccc(CN3CC(F)(F)C3)c(F)c2)nn1. The van der Waals surface area contributed by atoms with Gasteiger partial charge in [-0.2, -0.15) is 0 Å². The molecule has 22 heavy (non-hydrogen) atoms. The fourth-order valence-electron chi connectivity index (χ4n) is 2.26. The first kappa shape index (κ1) is 14.5. The molecule has 0 spiro atoms. The Morgan fingerprint density at radius 1 is 1.36 bits per heavy atom. The molecule has 0 amide bonds. The van der Waals surface area contributed by atoms with Crippen LogP contribution in [0.15, 0.2) is 24.4 Å². The number of halogens is 3. The lowest BCUT2D eigenvalue weighted by atomic mass is 10.1. The molecule has 2 aromatic rings. The topological polar surface area (TPSA) is 71.2 Å². The van der Waals surface area contributed by atoms with E-state index in [1.807, 2.05) is 0 Å². The van der Waals surface area contributed by atoms with E-state index in [0.29, 0.717) is 5.69 Å². The maximum absolute atomic E-state index is 14.0. The van der Waals surface area contributed by atoms with Crippen molar-refractivity contribution in [1.82, 2.24) is 19.9 Å². The molecule has 1 N–H and O–H groups in total. The van der Waals surface area contributed by atoms with Gasteiger partial charge in [0.15, 0.2) is 5.69 Å². The number of alkyl halides is 2. The van der Waals surface area contributed by atoms with E-state index < -0.39 is 17.7 Å². The summed E-state index contributed by atoms with van der Waals surface area (Å²) >= 11 is 0. The number of hydrogen-bond acceptors (Lipinski definition) is 4. The van der Waals surface area contributed by atoms with Gasteiger partial charge in [0.25, 0.3) is 5.92 Å². The van der Waals surface area contributed by atoms with Crippen molar-refractivity contribution in [1.29, 1.82) is 0 Å². The van der Waals surface area contributed by atoms with Gasteiger partial charge in [0.1, 0.15) is 5.82 Å². The van der Waals surface area contributed by atoms with E-state index in [9.17, 15) is 18.0 Å². The molecule has 0 aliphatic carbocycles. The van der Waals surface area contributed by atoms with Gasteiger partial charge in [-0.05, 0) is 12.1 Å².